The first kappa shape index (κ1) is 18.9. The molecule has 0 N–H and O–H groups in total. The Bertz CT molecular complexity index is 674. The topological polar surface area (TPSA) is 99.0 Å². The predicted octanol–water partition coefficient (Wildman–Crippen LogP) is 3.11. The molecular weight excluding hydrogens is 328 g/mol. The molecule has 1 saturated heterocycles. The average molecular weight is 350 g/mol. The number of benzene rings is 1. The molecule has 1 aromatic rings. The number of likely N-dealkylation sites (tertiary alicyclic amines) is 1. The van der Waals surface area contributed by atoms with Gasteiger partial charge < -0.3 is 4.90 Å². The van der Waals surface area contributed by atoms with Crippen molar-refractivity contribution in [1.82, 2.24) is 4.90 Å². The summed E-state index contributed by atoms with van der Waals surface area (Å²) < 4.78 is 0. The summed E-state index contributed by atoms with van der Waals surface area (Å²) in [7, 11) is 0. The Morgan fingerprint density at radius 2 is 1.80 bits per heavy atom. The van der Waals surface area contributed by atoms with Crippen molar-refractivity contribution in [3.63, 3.8) is 0 Å². The Morgan fingerprint density at radius 1 is 1.16 bits per heavy atom. The van der Waals surface area contributed by atoms with Crippen LogP contribution in [0.5, 0.6) is 0 Å². The van der Waals surface area contributed by atoms with Crippen LogP contribution in [0.15, 0.2) is 18.2 Å². The summed E-state index contributed by atoms with van der Waals surface area (Å²) in [6.07, 6.45) is 2.91. The van der Waals surface area contributed by atoms with Crippen LogP contribution in [0.1, 0.15) is 60.7 Å². The van der Waals surface area contributed by atoms with Gasteiger partial charge in [0.25, 0.3) is 11.6 Å². The fourth-order valence-electron chi connectivity index (χ4n) is 2.48. The first-order valence-corrected chi connectivity index (χ1v) is 8.17. The lowest BCUT2D eigenvalue weighted by atomic mass is 10.1. The normalized spacial score (nSPS) is 14.9. The third-order valence-corrected chi connectivity index (χ3v) is 3.67. The molecule has 136 valence electrons. The second kappa shape index (κ2) is 7.60. The Balaban J connectivity index is 2.23. The predicted molar refractivity (Wildman–Crippen MR) is 89.1 cm³/mol. The number of piperidine rings is 1. The van der Waals surface area contributed by atoms with E-state index in [2.05, 4.69) is 4.89 Å². The average Bonchev–Trinajstić information content (AvgIpc) is 2.58. The standard InChI is InChI=1S/C17H22N2O6/c1-17(2,3)25-24-16(21)13-8-7-12(11-14(13)19(22)23)15(20)18-9-5-4-6-10-18/h7-8,11H,4-6,9-10H2,1-3H3. The molecule has 0 saturated carbocycles. The number of amides is 1. The SMILES string of the molecule is CC(C)(C)OOC(=O)c1ccc(C(=O)N2CCCCC2)cc1[N+](=O)[O-]. The minimum absolute atomic E-state index is 0.182. The van der Waals surface area contributed by atoms with Crippen LogP contribution < -0.4 is 0 Å². The van der Waals surface area contributed by atoms with E-state index in [1.54, 1.807) is 25.7 Å². The van der Waals surface area contributed by atoms with Gasteiger partial charge >= 0.3 is 5.97 Å². The Kier molecular flexibility index (Phi) is 5.73. The minimum atomic E-state index is -0.974. The highest BCUT2D eigenvalue weighted by Crippen LogP contribution is 2.24. The Hall–Kier alpha value is -2.48. The number of nitrogens with zero attached hydrogens (tertiary/aromatic N) is 2. The van der Waals surface area contributed by atoms with Crippen LogP contribution in [0.4, 0.5) is 5.69 Å². The molecule has 1 aliphatic heterocycles. The third-order valence-electron chi connectivity index (χ3n) is 3.67. The highest BCUT2D eigenvalue weighted by Gasteiger charge is 2.27. The van der Waals surface area contributed by atoms with Gasteiger partial charge in [-0.15, -0.1) is 0 Å². The molecule has 1 aliphatic rings. The van der Waals surface area contributed by atoms with Crippen molar-refractivity contribution in [2.45, 2.75) is 45.6 Å². The van der Waals surface area contributed by atoms with Crippen LogP contribution in [0.25, 0.3) is 0 Å². The van der Waals surface area contributed by atoms with E-state index in [0.29, 0.717) is 13.1 Å². The maximum atomic E-state index is 12.5. The summed E-state index contributed by atoms with van der Waals surface area (Å²) in [6.45, 7) is 6.30. The molecule has 0 atom stereocenters. The van der Waals surface area contributed by atoms with Gasteiger partial charge in [0.15, 0.2) is 0 Å². The fraction of sp³-hybridized carbons (Fsp3) is 0.529. The molecular formula is C17H22N2O6. The maximum Gasteiger partial charge on any atom is 0.380 e. The largest absolute Gasteiger partial charge is 0.380 e. The van der Waals surface area contributed by atoms with E-state index in [1.807, 2.05) is 0 Å². The Labute approximate surface area is 145 Å². The highest BCUT2D eigenvalue weighted by atomic mass is 17.2. The molecule has 1 heterocycles. The molecule has 25 heavy (non-hydrogen) atoms. The first-order chi connectivity index (χ1) is 11.7. The van der Waals surface area contributed by atoms with Gasteiger partial charge in [-0.1, -0.05) is 0 Å². The van der Waals surface area contributed by atoms with E-state index in [1.165, 1.54) is 12.1 Å². The molecule has 1 amide bonds. The lowest BCUT2D eigenvalue weighted by Gasteiger charge is -2.26. The number of nitro benzene ring substituents is 1. The van der Waals surface area contributed by atoms with Gasteiger partial charge in [-0.3, -0.25) is 19.8 Å². The van der Waals surface area contributed by atoms with E-state index in [9.17, 15) is 19.7 Å². The van der Waals surface area contributed by atoms with Crippen LogP contribution in [-0.2, 0) is 9.78 Å². The van der Waals surface area contributed by atoms with Crippen LogP contribution in [0, 0.1) is 10.1 Å². The first-order valence-electron chi connectivity index (χ1n) is 8.17. The van der Waals surface area contributed by atoms with Gasteiger partial charge in [-0.2, -0.15) is 4.89 Å². The van der Waals surface area contributed by atoms with Crippen molar-refractivity contribution >= 4 is 17.6 Å². The van der Waals surface area contributed by atoms with Crippen LogP contribution in [0.2, 0.25) is 0 Å². The van der Waals surface area contributed by atoms with Crippen molar-refractivity contribution in [2.24, 2.45) is 0 Å². The summed E-state index contributed by atoms with van der Waals surface area (Å²) in [5.74, 6) is -1.24. The molecule has 0 bridgehead atoms. The maximum absolute atomic E-state index is 12.5. The molecule has 2 rings (SSSR count). The molecule has 0 spiro atoms. The van der Waals surface area contributed by atoms with E-state index in [0.717, 1.165) is 25.3 Å². The summed E-state index contributed by atoms with van der Waals surface area (Å²) in [6, 6.07) is 3.74. The van der Waals surface area contributed by atoms with Gasteiger partial charge in [-0.25, -0.2) is 4.79 Å². The van der Waals surface area contributed by atoms with Crippen LogP contribution >= 0.6 is 0 Å². The zero-order valence-corrected chi connectivity index (χ0v) is 14.6. The van der Waals surface area contributed by atoms with Gasteiger partial charge in [0.2, 0.25) is 0 Å². The summed E-state index contributed by atoms with van der Waals surface area (Å²) in [5, 5.41) is 11.3. The Morgan fingerprint density at radius 3 is 2.36 bits per heavy atom. The third kappa shape index (κ3) is 4.99. The van der Waals surface area contributed by atoms with E-state index >= 15 is 0 Å². The zero-order valence-electron chi connectivity index (χ0n) is 14.6. The summed E-state index contributed by atoms with van der Waals surface area (Å²) in [5.41, 5.74) is -1.30. The quantitative estimate of drug-likeness (QED) is 0.470. The number of carbonyl (C=O) groups is 2. The second-order valence-electron chi connectivity index (χ2n) is 6.91. The van der Waals surface area contributed by atoms with Crippen molar-refractivity contribution in [1.29, 1.82) is 0 Å². The minimum Gasteiger partial charge on any atom is -0.339 e. The second-order valence-corrected chi connectivity index (χ2v) is 6.91. The monoisotopic (exact) mass is 350 g/mol. The van der Waals surface area contributed by atoms with E-state index < -0.39 is 22.2 Å². The highest BCUT2D eigenvalue weighted by molar-refractivity contribution is 5.99. The van der Waals surface area contributed by atoms with Crippen molar-refractivity contribution in [2.75, 3.05) is 13.1 Å². The molecule has 0 unspecified atom stereocenters. The van der Waals surface area contributed by atoms with Crippen LogP contribution in [0.3, 0.4) is 0 Å². The van der Waals surface area contributed by atoms with E-state index in [4.69, 9.17) is 4.89 Å². The molecule has 8 heteroatoms. The lowest BCUT2D eigenvalue weighted by molar-refractivity contribution is -0.385. The van der Waals surface area contributed by atoms with Crippen LogP contribution in [-0.4, -0.2) is 40.4 Å². The summed E-state index contributed by atoms with van der Waals surface area (Å²) >= 11 is 0. The molecule has 8 nitrogen and oxygen atoms in total. The van der Waals surface area contributed by atoms with Gasteiger partial charge in [0.05, 0.1) is 4.92 Å². The fourth-order valence-corrected chi connectivity index (χ4v) is 2.48. The molecule has 0 aromatic heterocycles. The number of rotatable bonds is 4. The zero-order chi connectivity index (χ0) is 18.6. The molecule has 1 fully saturated rings. The van der Waals surface area contributed by atoms with Crippen molar-refractivity contribution in [3.05, 3.63) is 39.4 Å². The number of hydrogen-bond donors (Lipinski definition) is 0. The smallest absolute Gasteiger partial charge is 0.339 e. The van der Waals surface area contributed by atoms with Gasteiger partial charge in [0, 0.05) is 24.7 Å². The van der Waals surface area contributed by atoms with Crippen molar-refractivity contribution < 1.29 is 24.3 Å². The molecule has 1 aromatic carbocycles. The molecule has 0 aliphatic carbocycles. The van der Waals surface area contributed by atoms with E-state index in [-0.39, 0.29) is 17.0 Å². The number of nitro groups is 1. The van der Waals surface area contributed by atoms with Gasteiger partial charge in [-0.05, 0) is 52.2 Å². The number of carbonyl (C=O) groups excluding carboxylic acids is 2. The lowest BCUT2D eigenvalue weighted by Crippen LogP contribution is -2.35. The van der Waals surface area contributed by atoms with Crippen molar-refractivity contribution in [3.8, 4) is 0 Å². The number of hydrogen-bond acceptors (Lipinski definition) is 6. The molecule has 0 radical (unpaired) electrons. The van der Waals surface area contributed by atoms with Gasteiger partial charge in [0.1, 0.15) is 11.2 Å². The summed E-state index contributed by atoms with van der Waals surface area (Å²) in [4.78, 5) is 46.4.